The second-order valence-electron chi connectivity index (χ2n) is 19.2. The minimum Gasteiger partial charge on any atom is -0.0616 e. The first-order chi connectivity index (χ1) is 34.7. The molecule has 0 saturated heterocycles. The monoisotopic (exact) mass is 882 g/mol. The molecule has 322 valence electrons. The van der Waals surface area contributed by atoms with Crippen LogP contribution in [0.15, 0.2) is 255 Å². The Morgan fingerprint density at radius 2 is 0.400 bits per heavy atom. The van der Waals surface area contributed by atoms with Gasteiger partial charge in [0.1, 0.15) is 0 Å². The van der Waals surface area contributed by atoms with Gasteiger partial charge in [-0.2, -0.15) is 0 Å². The fraction of sp³-hybridized carbons (Fsp3) is 0. The summed E-state index contributed by atoms with van der Waals surface area (Å²) in [6.07, 6.45) is 0. The van der Waals surface area contributed by atoms with E-state index in [1.165, 1.54) is 153 Å². The Hall–Kier alpha value is -9.10. The molecule has 0 unspecified atom stereocenters. The van der Waals surface area contributed by atoms with Crippen LogP contribution < -0.4 is 0 Å². The van der Waals surface area contributed by atoms with Crippen LogP contribution in [0, 0.1) is 0 Å². The van der Waals surface area contributed by atoms with Crippen LogP contribution in [-0.2, 0) is 0 Å². The highest BCUT2D eigenvalue weighted by Crippen LogP contribution is 2.45. The van der Waals surface area contributed by atoms with E-state index < -0.39 is 0 Å². The maximum Gasteiger partial charge on any atom is -0.00203 e. The van der Waals surface area contributed by atoms with Gasteiger partial charge in [-0.25, -0.2) is 0 Å². The van der Waals surface area contributed by atoms with Crippen LogP contribution >= 0.6 is 0 Å². The zero-order chi connectivity index (χ0) is 45.9. The van der Waals surface area contributed by atoms with Crippen molar-refractivity contribution >= 4 is 86.2 Å². The van der Waals surface area contributed by atoms with E-state index in [1.807, 2.05) is 0 Å². The third-order valence-electron chi connectivity index (χ3n) is 15.3. The molecule has 0 saturated carbocycles. The van der Waals surface area contributed by atoms with Gasteiger partial charge in [0.25, 0.3) is 0 Å². The Bertz CT molecular complexity index is 4300. The lowest BCUT2D eigenvalue weighted by Crippen LogP contribution is -1.90. The van der Waals surface area contributed by atoms with Gasteiger partial charge in [0.2, 0.25) is 0 Å². The Kier molecular flexibility index (Phi) is 8.46. The minimum absolute atomic E-state index is 1.20. The number of rotatable bonds is 6. The topological polar surface area (TPSA) is 0 Å². The van der Waals surface area contributed by atoms with Crippen molar-refractivity contribution < 1.29 is 0 Å². The number of hydrogen-bond donors (Lipinski definition) is 0. The molecule has 0 bridgehead atoms. The second kappa shape index (κ2) is 15.2. The standard InChI is InChI=1S/C70H42/c1-3-10-49-39-57(20-18-43(49)8-1)61-32-24-47-26-34-63-59(30-22-45-28-36-65(61)69(47)67(45)63)55-16-6-14-53(41-55)51-12-5-13-52(38-51)54-15-7-17-56(42-54)60-31-23-46-29-37-66-62(33-25-48-27-35-64(60)68(46)70(48)66)58-21-19-44-9-2-4-11-50(44)40-58/h1-42H. The zero-order valence-electron chi connectivity index (χ0n) is 38.2. The molecule has 0 aliphatic rings. The lowest BCUT2D eigenvalue weighted by Gasteiger charge is -2.17. The van der Waals surface area contributed by atoms with Crippen LogP contribution in [0.5, 0.6) is 0 Å². The summed E-state index contributed by atoms with van der Waals surface area (Å²) < 4.78 is 0. The summed E-state index contributed by atoms with van der Waals surface area (Å²) in [6, 6.07) is 95.2. The van der Waals surface area contributed by atoms with Crippen molar-refractivity contribution in [1.29, 1.82) is 0 Å². The summed E-state index contributed by atoms with van der Waals surface area (Å²) >= 11 is 0. The highest BCUT2D eigenvalue weighted by atomic mass is 14.2. The lowest BCUT2D eigenvalue weighted by molar-refractivity contribution is 1.58. The predicted octanol–water partition coefficient (Wildman–Crippen LogP) is 19.8. The van der Waals surface area contributed by atoms with Crippen LogP contribution in [0.1, 0.15) is 0 Å². The number of benzene rings is 15. The Morgan fingerprint density at radius 3 is 0.743 bits per heavy atom. The van der Waals surface area contributed by atoms with Crippen LogP contribution in [0.25, 0.3) is 153 Å². The maximum absolute atomic E-state index is 2.37. The van der Waals surface area contributed by atoms with E-state index in [9.17, 15) is 0 Å². The van der Waals surface area contributed by atoms with Gasteiger partial charge in [-0.3, -0.25) is 0 Å². The van der Waals surface area contributed by atoms with Crippen LogP contribution in [0.2, 0.25) is 0 Å². The molecule has 0 spiro atoms. The van der Waals surface area contributed by atoms with Crippen LogP contribution in [0.4, 0.5) is 0 Å². The molecule has 0 N–H and O–H groups in total. The summed E-state index contributed by atoms with van der Waals surface area (Å²) in [5.41, 5.74) is 14.8. The first kappa shape index (κ1) is 38.9. The third kappa shape index (κ3) is 6.03. The van der Waals surface area contributed by atoms with Crippen molar-refractivity contribution in [2.24, 2.45) is 0 Å². The van der Waals surface area contributed by atoms with E-state index >= 15 is 0 Å². The maximum atomic E-state index is 2.37. The van der Waals surface area contributed by atoms with E-state index in [1.54, 1.807) is 0 Å². The van der Waals surface area contributed by atoms with Crippen LogP contribution in [0.3, 0.4) is 0 Å². The molecule has 0 aliphatic heterocycles. The van der Waals surface area contributed by atoms with E-state index in [4.69, 9.17) is 0 Å². The van der Waals surface area contributed by atoms with Gasteiger partial charge >= 0.3 is 0 Å². The summed E-state index contributed by atoms with van der Waals surface area (Å²) in [5.74, 6) is 0. The van der Waals surface area contributed by atoms with Gasteiger partial charge in [0, 0.05) is 0 Å². The summed E-state index contributed by atoms with van der Waals surface area (Å²) in [7, 11) is 0. The van der Waals surface area contributed by atoms with E-state index in [0.29, 0.717) is 0 Å². The highest BCUT2D eigenvalue weighted by Gasteiger charge is 2.18. The molecular weight excluding hydrogens is 841 g/mol. The largest absolute Gasteiger partial charge is 0.0616 e. The molecule has 0 fully saturated rings. The normalized spacial score (nSPS) is 12.0. The van der Waals surface area contributed by atoms with Crippen molar-refractivity contribution in [2.75, 3.05) is 0 Å². The molecule has 15 aromatic carbocycles. The molecular formula is C70H42. The minimum atomic E-state index is 1.20. The Morgan fingerprint density at radius 1 is 0.143 bits per heavy atom. The summed E-state index contributed by atoms with van der Waals surface area (Å²) in [5, 5.41) is 20.6. The first-order valence-corrected chi connectivity index (χ1v) is 24.4. The van der Waals surface area contributed by atoms with E-state index in [-0.39, 0.29) is 0 Å². The molecule has 0 radical (unpaired) electrons. The Labute approximate surface area is 405 Å². The lowest BCUT2D eigenvalue weighted by atomic mass is 9.86. The zero-order valence-corrected chi connectivity index (χ0v) is 38.2. The van der Waals surface area contributed by atoms with Gasteiger partial charge in [-0.05, 0) is 183 Å². The average Bonchev–Trinajstić information content (AvgIpc) is 3.43. The van der Waals surface area contributed by atoms with Gasteiger partial charge in [0.15, 0.2) is 0 Å². The van der Waals surface area contributed by atoms with Crippen molar-refractivity contribution in [3.8, 4) is 66.8 Å². The molecule has 0 atom stereocenters. The molecule has 0 heterocycles. The molecule has 15 aromatic rings. The van der Waals surface area contributed by atoms with E-state index in [2.05, 4.69) is 255 Å². The van der Waals surface area contributed by atoms with E-state index in [0.717, 1.165) is 0 Å². The Balaban J connectivity index is 0.794. The summed E-state index contributed by atoms with van der Waals surface area (Å²) in [4.78, 5) is 0. The smallest absolute Gasteiger partial charge is 0.00203 e. The van der Waals surface area contributed by atoms with Gasteiger partial charge in [-0.15, -0.1) is 0 Å². The predicted molar refractivity (Wildman–Crippen MR) is 301 cm³/mol. The molecule has 70 heavy (non-hydrogen) atoms. The SMILES string of the molecule is c1cc(-c2cccc(-c3ccc4ccc5c(-c6ccc7ccccc7c6)ccc6ccc3c4c65)c2)cc(-c2cccc(-c3ccc4ccc5c(-c6ccc7ccccc7c6)ccc6ccc3c4c65)c2)c1. The quantitative estimate of drug-likeness (QED) is 0.146. The third-order valence-corrected chi connectivity index (χ3v) is 15.3. The number of fused-ring (bicyclic) bond motifs is 2. The van der Waals surface area contributed by atoms with Crippen molar-refractivity contribution in [3.05, 3.63) is 255 Å². The average molecular weight is 883 g/mol. The van der Waals surface area contributed by atoms with Crippen molar-refractivity contribution in [1.82, 2.24) is 0 Å². The van der Waals surface area contributed by atoms with Crippen molar-refractivity contribution in [3.63, 3.8) is 0 Å². The fourth-order valence-electron chi connectivity index (χ4n) is 11.9. The summed E-state index contributed by atoms with van der Waals surface area (Å²) in [6.45, 7) is 0. The molecule has 15 rings (SSSR count). The fourth-order valence-corrected chi connectivity index (χ4v) is 11.9. The number of hydrogen-bond acceptors (Lipinski definition) is 0. The molecule has 0 heteroatoms. The van der Waals surface area contributed by atoms with Gasteiger partial charge < -0.3 is 0 Å². The highest BCUT2D eigenvalue weighted by molar-refractivity contribution is 6.29. The molecule has 0 nitrogen and oxygen atoms in total. The van der Waals surface area contributed by atoms with Crippen LogP contribution in [-0.4, -0.2) is 0 Å². The van der Waals surface area contributed by atoms with Crippen molar-refractivity contribution in [2.45, 2.75) is 0 Å². The molecule has 0 amide bonds. The van der Waals surface area contributed by atoms with Gasteiger partial charge in [0.05, 0.1) is 0 Å². The first-order valence-electron chi connectivity index (χ1n) is 24.4. The second-order valence-corrected chi connectivity index (χ2v) is 19.2. The molecule has 0 aromatic heterocycles. The molecule has 0 aliphatic carbocycles. The van der Waals surface area contributed by atoms with Gasteiger partial charge in [-0.1, -0.05) is 224 Å².